The Morgan fingerprint density at radius 2 is 2.40 bits per heavy atom. The van der Waals surface area contributed by atoms with Gasteiger partial charge in [0, 0.05) is 20.1 Å². The van der Waals surface area contributed by atoms with Gasteiger partial charge >= 0.3 is 0 Å². The average Bonchev–Trinajstić information content (AvgIpc) is 2.93. The predicted octanol–water partition coefficient (Wildman–Crippen LogP) is 1.24. The third-order valence-corrected chi connectivity index (χ3v) is 4.47. The molecule has 3 N–H and O–H groups in total. The van der Waals surface area contributed by atoms with E-state index in [1.807, 2.05) is 11.4 Å². The number of carbonyl (C=O) groups excluding carboxylic acids is 1. The van der Waals surface area contributed by atoms with E-state index in [2.05, 4.69) is 20.2 Å². The van der Waals surface area contributed by atoms with E-state index in [0.29, 0.717) is 6.54 Å². The summed E-state index contributed by atoms with van der Waals surface area (Å²) in [6.07, 6.45) is 1.90. The minimum atomic E-state index is 0.0126. The van der Waals surface area contributed by atoms with Gasteiger partial charge in [-0.2, -0.15) is 4.98 Å². The summed E-state index contributed by atoms with van der Waals surface area (Å²) in [4.78, 5) is 23.5. The second-order valence-corrected chi connectivity index (χ2v) is 5.84. The lowest BCUT2D eigenvalue weighted by atomic mass is 9.97. The topological polar surface area (TPSA) is 84.1 Å². The van der Waals surface area contributed by atoms with Crippen molar-refractivity contribution in [1.82, 2.24) is 15.3 Å². The summed E-state index contributed by atoms with van der Waals surface area (Å²) in [5.74, 6) is 1.25. The van der Waals surface area contributed by atoms with Gasteiger partial charge < -0.3 is 16.0 Å². The van der Waals surface area contributed by atoms with Crippen molar-refractivity contribution in [2.24, 2.45) is 5.92 Å². The average molecular weight is 291 g/mol. The molecule has 0 bridgehead atoms. The van der Waals surface area contributed by atoms with Gasteiger partial charge in [-0.1, -0.05) is 0 Å². The molecule has 1 unspecified atom stereocenters. The van der Waals surface area contributed by atoms with Crippen LogP contribution in [0.4, 0.5) is 11.8 Å². The number of nitrogens with two attached hydrogens (primary N) is 1. The summed E-state index contributed by atoms with van der Waals surface area (Å²) in [6.45, 7) is 1.58. The van der Waals surface area contributed by atoms with Gasteiger partial charge in [0.15, 0.2) is 0 Å². The van der Waals surface area contributed by atoms with Gasteiger partial charge in [-0.05, 0) is 24.3 Å². The second-order valence-electron chi connectivity index (χ2n) is 4.94. The third kappa shape index (κ3) is 2.29. The molecule has 20 heavy (non-hydrogen) atoms. The van der Waals surface area contributed by atoms with E-state index < -0.39 is 0 Å². The van der Waals surface area contributed by atoms with Gasteiger partial charge in [0.2, 0.25) is 11.9 Å². The highest BCUT2D eigenvalue weighted by Gasteiger charge is 2.27. The molecule has 1 amide bonds. The number of anilines is 2. The van der Waals surface area contributed by atoms with E-state index in [9.17, 15) is 4.79 Å². The molecule has 1 aliphatic heterocycles. The van der Waals surface area contributed by atoms with Gasteiger partial charge in [0.05, 0.1) is 11.3 Å². The van der Waals surface area contributed by atoms with Gasteiger partial charge in [0.25, 0.3) is 0 Å². The first-order valence-corrected chi connectivity index (χ1v) is 7.54. The summed E-state index contributed by atoms with van der Waals surface area (Å²) in [5.41, 5.74) is 5.79. The molecule has 0 radical (unpaired) electrons. The number of nitrogen functional groups attached to an aromatic ring is 1. The van der Waals surface area contributed by atoms with E-state index >= 15 is 0 Å². The van der Waals surface area contributed by atoms with Crippen LogP contribution in [0.25, 0.3) is 10.2 Å². The van der Waals surface area contributed by atoms with Gasteiger partial charge in [-0.25, -0.2) is 4.98 Å². The molecule has 6 nitrogen and oxygen atoms in total. The minimum absolute atomic E-state index is 0.0126. The Labute approximate surface area is 121 Å². The molecule has 2 aromatic rings. The van der Waals surface area contributed by atoms with Crippen molar-refractivity contribution in [2.45, 2.75) is 12.8 Å². The molecule has 1 saturated heterocycles. The van der Waals surface area contributed by atoms with Crippen molar-refractivity contribution in [3.05, 3.63) is 11.4 Å². The van der Waals surface area contributed by atoms with Crippen LogP contribution in [0.5, 0.6) is 0 Å². The van der Waals surface area contributed by atoms with Crippen LogP contribution in [0.3, 0.4) is 0 Å². The fourth-order valence-electron chi connectivity index (χ4n) is 2.68. The van der Waals surface area contributed by atoms with Gasteiger partial charge in [-0.15, -0.1) is 11.3 Å². The maximum atomic E-state index is 11.8. The standard InChI is InChI=1S/C13H17N5OS/c1-15-11(19)8-3-2-5-18(7-8)10-9-4-6-20-12(9)17-13(14)16-10/h4,6,8H,2-3,5,7H2,1H3,(H,15,19)(H2,14,16,17). The highest BCUT2D eigenvalue weighted by molar-refractivity contribution is 7.16. The Hall–Kier alpha value is -1.89. The highest BCUT2D eigenvalue weighted by Crippen LogP contribution is 2.31. The number of amides is 1. The van der Waals surface area contributed by atoms with Crippen molar-refractivity contribution in [3.8, 4) is 0 Å². The summed E-state index contributed by atoms with van der Waals surface area (Å²) < 4.78 is 0. The number of hydrogen-bond acceptors (Lipinski definition) is 6. The summed E-state index contributed by atoms with van der Waals surface area (Å²) in [5, 5.41) is 5.73. The summed E-state index contributed by atoms with van der Waals surface area (Å²) in [6, 6.07) is 2.01. The maximum absolute atomic E-state index is 11.8. The maximum Gasteiger partial charge on any atom is 0.224 e. The Morgan fingerprint density at radius 1 is 1.55 bits per heavy atom. The molecule has 0 spiro atoms. The lowest BCUT2D eigenvalue weighted by Crippen LogP contribution is -2.42. The fraction of sp³-hybridized carbons (Fsp3) is 0.462. The molecule has 3 rings (SSSR count). The number of nitrogens with one attached hydrogen (secondary N) is 1. The zero-order valence-corrected chi connectivity index (χ0v) is 12.1. The van der Waals surface area contributed by atoms with E-state index in [1.54, 1.807) is 18.4 Å². The highest BCUT2D eigenvalue weighted by atomic mass is 32.1. The molecule has 0 aromatic carbocycles. The van der Waals surface area contributed by atoms with Crippen LogP contribution in [-0.4, -0.2) is 36.0 Å². The van der Waals surface area contributed by atoms with Crippen LogP contribution in [0, 0.1) is 5.92 Å². The molecule has 7 heteroatoms. The van der Waals surface area contributed by atoms with E-state index in [0.717, 1.165) is 35.4 Å². The number of rotatable bonds is 2. The first kappa shape index (κ1) is 13.1. The quantitative estimate of drug-likeness (QED) is 0.869. The number of thiophene rings is 1. The van der Waals surface area contributed by atoms with Crippen molar-refractivity contribution in [3.63, 3.8) is 0 Å². The minimum Gasteiger partial charge on any atom is -0.368 e. The van der Waals surface area contributed by atoms with Crippen LogP contribution < -0.4 is 16.0 Å². The number of aromatic nitrogens is 2. The van der Waals surface area contributed by atoms with Crippen molar-refractivity contribution < 1.29 is 4.79 Å². The van der Waals surface area contributed by atoms with Crippen LogP contribution in [0.2, 0.25) is 0 Å². The van der Waals surface area contributed by atoms with Crippen LogP contribution in [-0.2, 0) is 4.79 Å². The van der Waals surface area contributed by atoms with Crippen LogP contribution in [0.1, 0.15) is 12.8 Å². The number of fused-ring (bicyclic) bond motifs is 1. The van der Waals surface area contributed by atoms with E-state index in [4.69, 9.17) is 5.73 Å². The van der Waals surface area contributed by atoms with Crippen molar-refractivity contribution in [2.75, 3.05) is 30.8 Å². The molecule has 0 aliphatic carbocycles. The first-order chi connectivity index (χ1) is 9.69. The molecule has 0 saturated carbocycles. The number of carbonyl (C=O) groups is 1. The van der Waals surface area contributed by atoms with Gasteiger partial charge in [0.1, 0.15) is 10.6 Å². The zero-order chi connectivity index (χ0) is 14.1. The van der Waals surface area contributed by atoms with E-state index in [-0.39, 0.29) is 17.8 Å². The van der Waals surface area contributed by atoms with Crippen LogP contribution in [0.15, 0.2) is 11.4 Å². The SMILES string of the molecule is CNC(=O)C1CCCN(c2nc(N)nc3sccc23)C1. The van der Waals surface area contributed by atoms with Crippen LogP contribution >= 0.6 is 11.3 Å². The fourth-order valence-corrected chi connectivity index (χ4v) is 3.45. The number of nitrogens with zero attached hydrogens (tertiary/aromatic N) is 3. The third-order valence-electron chi connectivity index (χ3n) is 3.66. The smallest absolute Gasteiger partial charge is 0.224 e. The Kier molecular flexibility index (Phi) is 3.43. The Bertz CT molecular complexity index is 641. The lowest BCUT2D eigenvalue weighted by molar-refractivity contribution is -0.124. The molecule has 3 heterocycles. The van der Waals surface area contributed by atoms with Crippen molar-refractivity contribution in [1.29, 1.82) is 0 Å². The molecule has 1 fully saturated rings. The molecular formula is C13H17N5OS. The van der Waals surface area contributed by atoms with E-state index in [1.165, 1.54) is 0 Å². The normalized spacial score (nSPS) is 19.2. The monoisotopic (exact) mass is 291 g/mol. The number of piperidine rings is 1. The summed E-state index contributed by atoms with van der Waals surface area (Å²) >= 11 is 1.55. The summed E-state index contributed by atoms with van der Waals surface area (Å²) in [7, 11) is 1.68. The Morgan fingerprint density at radius 3 is 3.20 bits per heavy atom. The molecule has 2 aromatic heterocycles. The number of hydrogen-bond donors (Lipinski definition) is 2. The second kappa shape index (κ2) is 5.24. The molecule has 1 aliphatic rings. The first-order valence-electron chi connectivity index (χ1n) is 6.66. The predicted molar refractivity (Wildman–Crippen MR) is 80.8 cm³/mol. The Balaban J connectivity index is 1.94. The van der Waals surface area contributed by atoms with Gasteiger partial charge in [-0.3, -0.25) is 4.79 Å². The lowest BCUT2D eigenvalue weighted by Gasteiger charge is -2.33. The molecule has 106 valence electrons. The molecule has 1 atom stereocenters. The molecular weight excluding hydrogens is 274 g/mol. The van der Waals surface area contributed by atoms with Crippen molar-refractivity contribution >= 4 is 39.2 Å². The zero-order valence-electron chi connectivity index (χ0n) is 11.3. The largest absolute Gasteiger partial charge is 0.368 e.